The van der Waals surface area contributed by atoms with Gasteiger partial charge in [-0.1, -0.05) is 127 Å². The van der Waals surface area contributed by atoms with Gasteiger partial charge in [0.1, 0.15) is 23.0 Å². The highest BCUT2D eigenvalue weighted by Crippen LogP contribution is 2.37. The third-order valence-electron chi connectivity index (χ3n) is 9.57. The zero-order chi connectivity index (χ0) is 32.3. The number of amidine groups is 2. The first-order valence-electron chi connectivity index (χ1n) is 16.5. The molecule has 0 saturated heterocycles. The molecule has 0 bridgehead atoms. The van der Waals surface area contributed by atoms with E-state index >= 15 is 0 Å². The van der Waals surface area contributed by atoms with Crippen molar-refractivity contribution in [2.75, 3.05) is 0 Å². The molecule has 1 unspecified atom stereocenters. The van der Waals surface area contributed by atoms with Gasteiger partial charge in [0.25, 0.3) is 0 Å². The highest BCUT2D eigenvalue weighted by molar-refractivity contribution is 6.21. The Morgan fingerprint density at radius 3 is 2.02 bits per heavy atom. The summed E-state index contributed by atoms with van der Waals surface area (Å²) in [4.78, 5) is 14.9. The van der Waals surface area contributed by atoms with Gasteiger partial charge in [0.05, 0.1) is 5.39 Å². The zero-order valence-corrected chi connectivity index (χ0v) is 26.3. The smallest absolute Gasteiger partial charge is 0.159 e. The molecule has 5 nitrogen and oxygen atoms in total. The highest BCUT2D eigenvalue weighted by atomic mass is 16.3. The molecule has 2 aromatic heterocycles. The van der Waals surface area contributed by atoms with Gasteiger partial charge in [-0.2, -0.15) is 0 Å². The van der Waals surface area contributed by atoms with Crippen LogP contribution in [0.3, 0.4) is 0 Å². The van der Waals surface area contributed by atoms with Crippen LogP contribution in [0.15, 0.2) is 172 Å². The van der Waals surface area contributed by atoms with Gasteiger partial charge >= 0.3 is 0 Å². The number of nitrogens with one attached hydrogen (secondary N) is 1. The van der Waals surface area contributed by atoms with Crippen LogP contribution in [0.4, 0.5) is 0 Å². The molecule has 5 heteroatoms. The first-order valence-corrected chi connectivity index (χ1v) is 16.5. The van der Waals surface area contributed by atoms with Crippen molar-refractivity contribution in [3.8, 4) is 11.1 Å². The summed E-state index contributed by atoms with van der Waals surface area (Å²) < 4.78 is 6.50. The van der Waals surface area contributed by atoms with E-state index in [1.165, 1.54) is 32.3 Å². The predicted molar refractivity (Wildman–Crippen MR) is 201 cm³/mol. The van der Waals surface area contributed by atoms with E-state index in [-0.39, 0.29) is 6.17 Å². The summed E-state index contributed by atoms with van der Waals surface area (Å²) in [6.45, 7) is 0. The van der Waals surface area contributed by atoms with Gasteiger partial charge in [0.15, 0.2) is 11.7 Å². The summed E-state index contributed by atoms with van der Waals surface area (Å²) >= 11 is 0. The summed E-state index contributed by atoms with van der Waals surface area (Å²) in [7, 11) is 0. The Morgan fingerprint density at radius 1 is 0.510 bits per heavy atom. The number of aliphatic imine (C=N–C) groups is 2. The Labute approximate surface area is 281 Å². The maximum atomic E-state index is 6.50. The van der Waals surface area contributed by atoms with Gasteiger partial charge in [0.2, 0.25) is 0 Å². The van der Waals surface area contributed by atoms with Gasteiger partial charge in [0, 0.05) is 17.1 Å². The van der Waals surface area contributed by atoms with Gasteiger partial charge in [-0.05, 0) is 73.3 Å². The van der Waals surface area contributed by atoms with Crippen LogP contribution in [0, 0.1) is 0 Å². The molecule has 1 aliphatic heterocycles. The van der Waals surface area contributed by atoms with E-state index in [1.807, 2.05) is 54.6 Å². The largest absolute Gasteiger partial charge is 0.456 e. The van der Waals surface area contributed by atoms with Gasteiger partial charge in [-0.25, -0.2) is 9.98 Å². The van der Waals surface area contributed by atoms with Crippen LogP contribution in [0.1, 0.15) is 23.0 Å². The van der Waals surface area contributed by atoms with Crippen molar-refractivity contribution in [3.63, 3.8) is 0 Å². The quantitative estimate of drug-likeness (QED) is 0.197. The lowest BCUT2D eigenvalue weighted by Gasteiger charge is -2.23. The molecule has 9 aromatic rings. The van der Waals surface area contributed by atoms with Crippen LogP contribution < -0.4 is 5.32 Å². The third kappa shape index (κ3) is 4.59. The van der Waals surface area contributed by atoms with E-state index in [1.54, 1.807) is 6.20 Å². The van der Waals surface area contributed by atoms with Crippen molar-refractivity contribution in [3.05, 3.63) is 175 Å². The number of furan rings is 1. The minimum Gasteiger partial charge on any atom is -0.456 e. The average molecular weight is 629 g/mol. The molecule has 230 valence electrons. The molecule has 7 aromatic carbocycles. The van der Waals surface area contributed by atoms with Gasteiger partial charge < -0.3 is 9.73 Å². The maximum Gasteiger partial charge on any atom is 0.159 e. The molecule has 0 aliphatic carbocycles. The van der Waals surface area contributed by atoms with Crippen LogP contribution in [-0.2, 0) is 0 Å². The molecule has 0 saturated carbocycles. The predicted octanol–water partition coefficient (Wildman–Crippen LogP) is 10.6. The number of hydrogen-bond acceptors (Lipinski definition) is 5. The SMILES string of the molecule is c1ccc(C2=NC(c3ccccc3)NC(c3nccc4oc5cc(-c6ccc7c(ccc8c9ccccc9ccc78)c6)ccc5c34)=N2)cc1. The van der Waals surface area contributed by atoms with Crippen LogP contribution >= 0.6 is 0 Å². The standard InChI is InChI=1S/C44H28N4O/c1-3-10-28(11-4-1)42-46-43(29-12-5-2-6-13-29)48-44(47-42)41-40-37-22-17-31(26-39(37)49-38(40)23-24-45-41)30-16-19-34-32(25-30)18-21-35-33-14-8-7-9-27(33)15-20-36(34)35/h1-26,42H,(H,46,47,48). The fourth-order valence-corrected chi connectivity index (χ4v) is 7.18. The van der Waals surface area contributed by atoms with Crippen LogP contribution in [-0.4, -0.2) is 16.7 Å². The Hall–Kier alpha value is -6.59. The van der Waals surface area contributed by atoms with E-state index in [9.17, 15) is 0 Å². The molecule has 1 aliphatic rings. The summed E-state index contributed by atoms with van der Waals surface area (Å²) in [5.74, 6) is 1.32. The summed E-state index contributed by atoms with van der Waals surface area (Å²) in [5, 5.41) is 13.0. The Balaban J connectivity index is 1.07. The first-order chi connectivity index (χ1) is 24.3. The molecule has 1 atom stereocenters. The molecular formula is C44H28N4O. The molecule has 49 heavy (non-hydrogen) atoms. The lowest BCUT2D eigenvalue weighted by molar-refractivity contribution is 0.666. The number of fused-ring (bicyclic) bond motifs is 8. The fourth-order valence-electron chi connectivity index (χ4n) is 7.18. The van der Waals surface area contributed by atoms with Gasteiger partial charge in [-0.15, -0.1) is 0 Å². The van der Waals surface area contributed by atoms with Crippen molar-refractivity contribution in [1.82, 2.24) is 10.3 Å². The van der Waals surface area contributed by atoms with Crippen molar-refractivity contribution in [2.45, 2.75) is 6.17 Å². The second kappa shape index (κ2) is 11.0. The van der Waals surface area contributed by atoms with E-state index in [4.69, 9.17) is 19.4 Å². The lowest BCUT2D eigenvalue weighted by atomic mass is 9.94. The molecule has 0 amide bonds. The Kier molecular flexibility index (Phi) is 6.18. The number of aromatic nitrogens is 1. The number of hydrogen-bond donors (Lipinski definition) is 1. The molecular weight excluding hydrogens is 601 g/mol. The number of nitrogens with zero attached hydrogens (tertiary/aromatic N) is 3. The third-order valence-corrected chi connectivity index (χ3v) is 9.57. The normalized spacial score (nSPS) is 14.7. The highest BCUT2D eigenvalue weighted by Gasteiger charge is 2.24. The number of rotatable bonds is 4. The van der Waals surface area contributed by atoms with Crippen LogP contribution in [0.25, 0.3) is 65.4 Å². The average Bonchev–Trinajstić information content (AvgIpc) is 3.56. The van der Waals surface area contributed by atoms with Crippen LogP contribution in [0.5, 0.6) is 0 Å². The van der Waals surface area contributed by atoms with Crippen molar-refractivity contribution < 1.29 is 4.42 Å². The second-order valence-corrected chi connectivity index (χ2v) is 12.5. The van der Waals surface area contributed by atoms with Crippen molar-refractivity contribution in [1.29, 1.82) is 0 Å². The summed E-state index contributed by atoms with van der Waals surface area (Å²) in [6.07, 6.45) is 1.47. The molecule has 3 heterocycles. The van der Waals surface area contributed by atoms with E-state index in [2.05, 4.69) is 102 Å². The molecule has 0 radical (unpaired) electrons. The first kappa shape index (κ1) is 27.5. The minimum atomic E-state index is -0.311. The number of pyridine rings is 1. The second-order valence-electron chi connectivity index (χ2n) is 12.5. The van der Waals surface area contributed by atoms with Crippen LogP contribution in [0.2, 0.25) is 0 Å². The van der Waals surface area contributed by atoms with E-state index < -0.39 is 0 Å². The fraction of sp³-hybridized carbons (Fsp3) is 0.0227. The monoisotopic (exact) mass is 628 g/mol. The summed E-state index contributed by atoms with van der Waals surface area (Å²) in [5.41, 5.74) is 6.54. The topological polar surface area (TPSA) is 62.8 Å². The molecule has 0 fully saturated rings. The zero-order valence-electron chi connectivity index (χ0n) is 26.3. The van der Waals surface area contributed by atoms with E-state index in [0.717, 1.165) is 49.9 Å². The van der Waals surface area contributed by atoms with Gasteiger partial charge in [-0.3, -0.25) is 4.98 Å². The lowest BCUT2D eigenvalue weighted by Crippen LogP contribution is -2.34. The minimum absolute atomic E-state index is 0.311. The van der Waals surface area contributed by atoms with Crippen molar-refractivity contribution >= 4 is 65.9 Å². The van der Waals surface area contributed by atoms with E-state index in [0.29, 0.717) is 11.7 Å². The molecule has 10 rings (SSSR count). The number of benzene rings is 7. The Morgan fingerprint density at radius 2 is 1.18 bits per heavy atom. The maximum absolute atomic E-state index is 6.50. The van der Waals surface area contributed by atoms with Crippen molar-refractivity contribution in [2.24, 2.45) is 9.98 Å². The molecule has 0 spiro atoms. The summed E-state index contributed by atoms with van der Waals surface area (Å²) in [6, 6.07) is 52.9. The molecule has 1 N–H and O–H groups in total. The Bertz CT molecular complexity index is 2800.